The number of aliphatic hydroxyl groups excluding tert-OH is 1. The van der Waals surface area contributed by atoms with Crippen LogP contribution in [0.4, 0.5) is 14.5 Å². The Balaban J connectivity index is 2.01. The van der Waals surface area contributed by atoms with Crippen molar-refractivity contribution in [2.24, 2.45) is 0 Å². The molecule has 1 amide bonds. The lowest BCUT2D eigenvalue weighted by Gasteiger charge is -2.26. The fraction of sp³-hybridized carbons (Fsp3) is 0.0833. The van der Waals surface area contributed by atoms with E-state index in [0.29, 0.717) is 5.56 Å². The standard InChI is InChI=1S/C24H16ClF2NO4/c1-32-19-10-7-14(25)11-16(19)22(29)20-21(13-5-3-2-4-6-13)28(24(31)23(20)30)18-12-15(26)8-9-17(18)27/h2-12,21,29H,1H3/b22-20+. The molecule has 3 aromatic carbocycles. The summed E-state index contributed by atoms with van der Waals surface area (Å²) in [5.74, 6) is -4.17. The number of hydrogen-bond acceptors (Lipinski definition) is 4. The van der Waals surface area contributed by atoms with Gasteiger partial charge in [0.05, 0.1) is 30.0 Å². The van der Waals surface area contributed by atoms with Crippen LogP contribution in [-0.2, 0) is 9.59 Å². The van der Waals surface area contributed by atoms with Crippen LogP contribution in [0.3, 0.4) is 0 Å². The Kier molecular flexibility index (Phi) is 5.67. The Hall–Kier alpha value is -3.71. The van der Waals surface area contributed by atoms with Gasteiger partial charge in [0.25, 0.3) is 11.7 Å². The zero-order chi connectivity index (χ0) is 23.0. The molecule has 0 aromatic heterocycles. The summed E-state index contributed by atoms with van der Waals surface area (Å²) in [4.78, 5) is 26.9. The summed E-state index contributed by atoms with van der Waals surface area (Å²) in [6.45, 7) is 0. The van der Waals surface area contributed by atoms with E-state index in [4.69, 9.17) is 16.3 Å². The smallest absolute Gasteiger partial charge is 0.300 e. The first-order valence-corrected chi connectivity index (χ1v) is 9.86. The molecule has 0 bridgehead atoms. The van der Waals surface area contributed by atoms with Crippen molar-refractivity contribution in [1.29, 1.82) is 0 Å². The number of Topliss-reactive ketones (excluding diaryl/α,β-unsaturated/α-hetero) is 1. The fourth-order valence-electron chi connectivity index (χ4n) is 3.71. The Morgan fingerprint density at radius 3 is 2.44 bits per heavy atom. The number of amides is 1. The zero-order valence-electron chi connectivity index (χ0n) is 16.7. The molecule has 1 saturated heterocycles. The Bertz CT molecular complexity index is 1260. The van der Waals surface area contributed by atoms with Gasteiger partial charge in [0, 0.05) is 11.1 Å². The highest BCUT2D eigenvalue weighted by molar-refractivity contribution is 6.51. The van der Waals surface area contributed by atoms with Gasteiger partial charge in [-0.25, -0.2) is 8.78 Å². The highest BCUT2D eigenvalue weighted by Crippen LogP contribution is 2.44. The molecule has 4 rings (SSSR count). The van der Waals surface area contributed by atoms with Crippen molar-refractivity contribution in [2.75, 3.05) is 12.0 Å². The number of carbonyl (C=O) groups excluding carboxylic acids is 2. The molecule has 1 N–H and O–H groups in total. The van der Waals surface area contributed by atoms with Crippen LogP contribution < -0.4 is 9.64 Å². The van der Waals surface area contributed by atoms with E-state index in [9.17, 15) is 23.5 Å². The van der Waals surface area contributed by atoms with Crippen LogP contribution in [-0.4, -0.2) is 23.9 Å². The molecule has 1 unspecified atom stereocenters. The zero-order valence-corrected chi connectivity index (χ0v) is 17.4. The third-order valence-electron chi connectivity index (χ3n) is 5.14. The molecule has 0 saturated carbocycles. The summed E-state index contributed by atoms with van der Waals surface area (Å²) in [6, 6.07) is 14.1. The van der Waals surface area contributed by atoms with Crippen molar-refractivity contribution >= 4 is 34.7 Å². The summed E-state index contributed by atoms with van der Waals surface area (Å²) in [7, 11) is 1.37. The van der Waals surface area contributed by atoms with Crippen LogP contribution in [0.15, 0.2) is 72.3 Å². The van der Waals surface area contributed by atoms with Gasteiger partial charge < -0.3 is 9.84 Å². The van der Waals surface area contributed by atoms with Crippen LogP contribution in [0.2, 0.25) is 5.02 Å². The molecule has 1 heterocycles. The lowest BCUT2D eigenvalue weighted by Crippen LogP contribution is -2.30. The number of halogens is 3. The number of aliphatic hydroxyl groups is 1. The molecule has 1 atom stereocenters. The van der Waals surface area contributed by atoms with Gasteiger partial charge in [-0.1, -0.05) is 41.9 Å². The second kappa shape index (κ2) is 8.43. The number of nitrogens with zero attached hydrogens (tertiary/aromatic N) is 1. The first kappa shape index (κ1) is 21.5. The molecule has 3 aromatic rings. The van der Waals surface area contributed by atoms with E-state index in [2.05, 4.69) is 0 Å². The Labute approximate surface area is 187 Å². The third kappa shape index (κ3) is 3.61. The predicted octanol–water partition coefficient (Wildman–Crippen LogP) is 5.25. The number of methoxy groups -OCH3 is 1. The Morgan fingerprint density at radius 1 is 1.03 bits per heavy atom. The van der Waals surface area contributed by atoms with E-state index in [0.717, 1.165) is 23.1 Å². The van der Waals surface area contributed by atoms with Gasteiger partial charge >= 0.3 is 0 Å². The summed E-state index contributed by atoms with van der Waals surface area (Å²) >= 11 is 6.06. The number of ether oxygens (including phenoxy) is 1. The number of benzene rings is 3. The van der Waals surface area contributed by atoms with Gasteiger partial charge in [-0.2, -0.15) is 0 Å². The lowest BCUT2D eigenvalue weighted by molar-refractivity contribution is -0.132. The number of ketones is 1. The van der Waals surface area contributed by atoms with Gasteiger partial charge in [0.15, 0.2) is 0 Å². The van der Waals surface area contributed by atoms with E-state index in [1.807, 2.05) is 0 Å². The molecule has 1 aliphatic heterocycles. The first-order valence-electron chi connectivity index (χ1n) is 9.48. The fourth-order valence-corrected chi connectivity index (χ4v) is 3.88. The average molecular weight is 456 g/mol. The van der Waals surface area contributed by atoms with Crippen LogP contribution >= 0.6 is 11.6 Å². The molecule has 0 radical (unpaired) electrons. The summed E-state index contributed by atoms with van der Waals surface area (Å²) < 4.78 is 33.8. The van der Waals surface area contributed by atoms with E-state index in [1.54, 1.807) is 30.3 Å². The molecule has 0 aliphatic carbocycles. The maximum atomic E-state index is 14.6. The lowest BCUT2D eigenvalue weighted by atomic mass is 9.95. The molecule has 8 heteroatoms. The minimum absolute atomic E-state index is 0.0821. The number of hydrogen-bond donors (Lipinski definition) is 1. The molecule has 5 nitrogen and oxygen atoms in total. The van der Waals surface area contributed by atoms with E-state index in [-0.39, 0.29) is 21.9 Å². The number of carbonyl (C=O) groups is 2. The quantitative estimate of drug-likeness (QED) is 0.331. The minimum Gasteiger partial charge on any atom is -0.507 e. The van der Waals surface area contributed by atoms with Gasteiger partial charge in [0.1, 0.15) is 23.1 Å². The monoisotopic (exact) mass is 455 g/mol. The van der Waals surface area contributed by atoms with Crippen LogP contribution in [0.5, 0.6) is 5.75 Å². The minimum atomic E-state index is -1.21. The maximum absolute atomic E-state index is 14.6. The van der Waals surface area contributed by atoms with Crippen molar-refractivity contribution < 1.29 is 28.2 Å². The van der Waals surface area contributed by atoms with Gasteiger partial charge in [-0.05, 0) is 35.9 Å². The van der Waals surface area contributed by atoms with E-state index in [1.165, 1.54) is 25.3 Å². The van der Waals surface area contributed by atoms with Crippen LogP contribution in [0, 0.1) is 11.6 Å². The number of anilines is 1. The van der Waals surface area contributed by atoms with Crippen LogP contribution in [0.1, 0.15) is 17.2 Å². The summed E-state index contributed by atoms with van der Waals surface area (Å²) in [5, 5.41) is 11.4. The second-order valence-electron chi connectivity index (χ2n) is 7.02. The molecule has 1 fully saturated rings. The van der Waals surface area contributed by atoms with E-state index < -0.39 is 40.8 Å². The third-order valence-corrected chi connectivity index (χ3v) is 5.38. The van der Waals surface area contributed by atoms with Gasteiger partial charge in [0.2, 0.25) is 0 Å². The molecule has 162 valence electrons. The summed E-state index contributed by atoms with van der Waals surface area (Å²) in [5.41, 5.74) is -0.222. The largest absolute Gasteiger partial charge is 0.507 e. The van der Waals surface area contributed by atoms with Crippen LogP contribution in [0.25, 0.3) is 5.76 Å². The van der Waals surface area contributed by atoms with Crippen molar-refractivity contribution in [2.45, 2.75) is 6.04 Å². The summed E-state index contributed by atoms with van der Waals surface area (Å²) in [6.07, 6.45) is 0. The molecular formula is C24H16ClF2NO4. The Morgan fingerprint density at radius 2 is 1.75 bits per heavy atom. The van der Waals surface area contributed by atoms with Crippen molar-refractivity contribution in [3.8, 4) is 5.75 Å². The predicted molar refractivity (Wildman–Crippen MR) is 116 cm³/mol. The van der Waals surface area contributed by atoms with Crippen molar-refractivity contribution in [3.63, 3.8) is 0 Å². The second-order valence-corrected chi connectivity index (χ2v) is 7.46. The van der Waals surface area contributed by atoms with E-state index >= 15 is 0 Å². The molecule has 32 heavy (non-hydrogen) atoms. The SMILES string of the molecule is COc1ccc(Cl)cc1/C(O)=C1\C(=O)C(=O)N(c2cc(F)ccc2F)C1c1ccccc1. The van der Waals surface area contributed by atoms with Gasteiger partial charge in [-0.3, -0.25) is 14.5 Å². The maximum Gasteiger partial charge on any atom is 0.300 e. The van der Waals surface area contributed by atoms with Crippen molar-refractivity contribution in [3.05, 3.63) is 100 Å². The topological polar surface area (TPSA) is 66.8 Å². The molecule has 0 spiro atoms. The highest BCUT2D eigenvalue weighted by atomic mass is 35.5. The van der Waals surface area contributed by atoms with Crippen molar-refractivity contribution in [1.82, 2.24) is 0 Å². The molecule has 1 aliphatic rings. The number of rotatable bonds is 4. The first-order chi connectivity index (χ1) is 15.3. The highest BCUT2D eigenvalue weighted by Gasteiger charge is 2.48. The van der Waals surface area contributed by atoms with Gasteiger partial charge in [-0.15, -0.1) is 0 Å². The normalized spacial score (nSPS) is 17.6. The average Bonchev–Trinajstić information content (AvgIpc) is 3.06. The molecular weight excluding hydrogens is 440 g/mol.